The van der Waals surface area contributed by atoms with Crippen molar-refractivity contribution in [3.8, 4) is 0 Å². The maximum atomic E-state index is 12.6. The van der Waals surface area contributed by atoms with Crippen LogP contribution in [-0.4, -0.2) is 14.4 Å². The van der Waals surface area contributed by atoms with Crippen LogP contribution < -0.4 is 0 Å². The van der Waals surface area contributed by atoms with Crippen LogP contribution in [0.25, 0.3) is 5.65 Å². The topological polar surface area (TPSA) is 30.2 Å². The van der Waals surface area contributed by atoms with Gasteiger partial charge in [0.15, 0.2) is 0 Å². The number of nitrogens with zero attached hydrogens (tertiary/aromatic N) is 3. The zero-order valence-electron chi connectivity index (χ0n) is 10.0. The summed E-state index contributed by atoms with van der Waals surface area (Å²) in [6, 6.07) is 0.970. The third-order valence-corrected chi connectivity index (χ3v) is 3.49. The molecule has 0 unspecified atom stereocenters. The van der Waals surface area contributed by atoms with Gasteiger partial charge in [-0.1, -0.05) is 20.8 Å². The lowest BCUT2D eigenvalue weighted by atomic mass is 9.93. The molecule has 0 aliphatic carbocycles. The smallest absolute Gasteiger partial charge is 0.278 e. The van der Waals surface area contributed by atoms with Gasteiger partial charge in [0.05, 0.1) is 5.69 Å². The summed E-state index contributed by atoms with van der Waals surface area (Å²) in [6.45, 7) is 5.90. The molecule has 98 valence electrons. The number of hydrogen-bond acceptors (Lipinski definition) is 2. The minimum absolute atomic E-state index is 0.221. The Hall–Kier alpha value is -0.860. The largest absolute Gasteiger partial charge is 0.433 e. The zero-order chi connectivity index (χ0) is 13.7. The molecule has 0 aromatic carbocycles. The number of imidazole rings is 1. The summed E-state index contributed by atoms with van der Waals surface area (Å²) in [4.78, 5) is 7.70. The Kier molecular flexibility index (Phi) is 3.07. The molecule has 0 amide bonds. The van der Waals surface area contributed by atoms with E-state index in [9.17, 15) is 13.2 Å². The Balaban J connectivity index is 2.67. The SMILES string of the molecule is CC(C)(C)c1nc2cc(C(F)(F)F)ncn2c1I. The Morgan fingerprint density at radius 3 is 2.33 bits per heavy atom. The quantitative estimate of drug-likeness (QED) is 0.664. The van der Waals surface area contributed by atoms with E-state index in [0.29, 0.717) is 0 Å². The third-order valence-electron chi connectivity index (χ3n) is 2.46. The maximum Gasteiger partial charge on any atom is 0.433 e. The molecule has 2 aromatic heterocycles. The third kappa shape index (κ3) is 2.32. The summed E-state index contributed by atoms with van der Waals surface area (Å²) in [5.74, 6) is 0. The molecule has 0 atom stereocenters. The summed E-state index contributed by atoms with van der Waals surface area (Å²) >= 11 is 2.07. The first-order valence-electron chi connectivity index (χ1n) is 5.22. The number of aromatic nitrogens is 3. The van der Waals surface area contributed by atoms with E-state index in [1.807, 2.05) is 20.8 Å². The lowest BCUT2D eigenvalue weighted by molar-refractivity contribution is -0.141. The molecule has 0 aliphatic heterocycles. The molecule has 0 N–H and O–H groups in total. The van der Waals surface area contributed by atoms with Gasteiger partial charge in [-0.15, -0.1) is 0 Å². The van der Waals surface area contributed by atoms with Crippen LogP contribution >= 0.6 is 22.6 Å². The van der Waals surface area contributed by atoms with Crippen LogP contribution in [-0.2, 0) is 11.6 Å². The van der Waals surface area contributed by atoms with Crippen molar-refractivity contribution in [1.29, 1.82) is 0 Å². The average molecular weight is 369 g/mol. The fraction of sp³-hybridized carbons (Fsp3) is 0.455. The molecule has 2 aromatic rings. The van der Waals surface area contributed by atoms with Crippen LogP contribution in [0.3, 0.4) is 0 Å². The molecule has 7 heteroatoms. The van der Waals surface area contributed by atoms with Gasteiger partial charge < -0.3 is 0 Å². The molecule has 18 heavy (non-hydrogen) atoms. The van der Waals surface area contributed by atoms with Crippen LogP contribution in [0, 0.1) is 3.70 Å². The Morgan fingerprint density at radius 1 is 1.22 bits per heavy atom. The van der Waals surface area contributed by atoms with Crippen molar-refractivity contribution in [3.63, 3.8) is 0 Å². The normalized spacial score (nSPS) is 13.3. The van der Waals surface area contributed by atoms with Crippen molar-refractivity contribution in [1.82, 2.24) is 14.4 Å². The maximum absolute atomic E-state index is 12.6. The second kappa shape index (κ2) is 4.07. The zero-order valence-corrected chi connectivity index (χ0v) is 12.2. The molecule has 3 nitrogen and oxygen atoms in total. The van der Waals surface area contributed by atoms with Crippen molar-refractivity contribution in [2.75, 3.05) is 0 Å². The van der Waals surface area contributed by atoms with Crippen LogP contribution in [0.5, 0.6) is 0 Å². The van der Waals surface area contributed by atoms with E-state index >= 15 is 0 Å². The van der Waals surface area contributed by atoms with E-state index in [-0.39, 0.29) is 11.1 Å². The van der Waals surface area contributed by atoms with Gasteiger partial charge in [0.25, 0.3) is 0 Å². The van der Waals surface area contributed by atoms with Gasteiger partial charge in [-0.2, -0.15) is 13.2 Å². The molecule has 0 bridgehead atoms. The Labute approximate surface area is 116 Å². The molecule has 2 rings (SSSR count). The summed E-state index contributed by atoms with van der Waals surface area (Å²) < 4.78 is 40.0. The highest BCUT2D eigenvalue weighted by Crippen LogP contribution is 2.31. The Morgan fingerprint density at radius 2 is 1.83 bits per heavy atom. The fourth-order valence-corrected chi connectivity index (χ4v) is 2.85. The van der Waals surface area contributed by atoms with Gasteiger partial charge in [0.1, 0.15) is 21.4 Å². The summed E-state index contributed by atoms with van der Waals surface area (Å²) in [5, 5.41) is 0. The second-order valence-electron chi connectivity index (χ2n) is 5.00. The van der Waals surface area contributed by atoms with E-state index in [4.69, 9.17) is 0 Å². The molecule has 0 saturated carbocycles. The van der Waals surface area contributed by atoms with Crippen LogP contribution in [0.4, 0.5) is 13.2 Å². The van der Waals surface area contributed by atoms with Crippen molar-refractivity contribution in [2.24, 2.45) is 0 Å². The van der Waals surface area contributed by atoms with Gasteiger partial charge in [0, 0.05) is 11.5 Å². The molecular weight excluding hydrogens is 358 g/mol. The predicted molar refractivity (Wildman–Crippen MR) is 69.4 cm³/mol. The van der Waals surface area contributed by atoms with Gasteiger partial charge >= 0.3 is 6.18 Å². The number of halogens is 4. The van der Waals surface area contributed by atoms with Crippen molar-refractivity contribution < 1.29 is 13.2 Å². The molecule has 0 radical (unpaired) electrons. The number of hydrogen-bond donors (Lipinski definition) is 0. The first-order valence-corrected chi connectivity index (χ1v) is 6.30. The van der Waals surface area contributed by atoms with Gasteiger partial charge in [-0.05, 0) is 22.6 Å². The molecular formula is C11H11F3IN3. The van der Waals surface area contributed by atoms with Gasteiger partial charge in [-0.25, -0.2) is 9.97 Å². The Bertz CT molecular complexity index is 596. The molecule has 0 spiro atoms. The van der Waals surface area contributed by atoms with Crippen LogP contribution in [0.2, 0.25) is 0 Å². The molecule has 0 fully saturated rings. The van der Waals surface area contributed by atoms with Gasteiger partial charge in [-0.3, -0.25) is 4.40 Å². The first kappa shape index (κ1) is 13.6. The summed E-state index contributed by atoms with van der Waals surface area (Å²) in [5.41, 5.74) is -0.103. The second-order valence-corrected chi connectivity index (χ2v) is 6.02. The van der Waals surface area contributed by atoms with Gasteiger partial charge in [0.2, 0.25) is 0 Å². The standard InChI is InChI=1S/C11H11F3IN3/c1-10(2,3)8-9(15)18-5-16-6(11(12,13)14)4-7(18)17-8/h4-5H,1-3H3. The fourth-order valence-electron chi connectivity index (χ4n) is 1.55. The summed E-state index contributed by atoms with van der Waals surface area (Å²) in [6.07, 6.45) is -3.27. The minimum atomic E-state index is -4.44. The highest BCUT2D eigenvalue weighted by molar-refractivity contribution is 14.1. The van der Waals surface area contributed by atoms with Crippen molar-refractivity contribution in [2.45, 2.75) is 32.4 Å². The van der Waals surface area contributed by atoms with E-state index in [0.717, 1.165) is 15.5 Å². The summed E-state index contributed by atoms with van der Waals surface area (Å²) in [7, 11) is 0. The highest BCUT2D eigenvalue weighted by Gasteiger charge is 2.33. The lowest BCUT2D eigenvalue weighted by Crippen LogP contribution is -2.13. The molecule has 0 aliphatic rings. The predicted octanol–water partition coefficient (Wildman–Crippen LogP) is 3.65. The minimum Gasteiger partial charge on any atom is -0.278 e. The van der Waals surface area contributed by atoms with E-state index in [2.05, 4.69) is 32.6 Å². The van der Waals surface area contributed by atoms with Crippen LogP contribution in [0.15, 0.2) is 12.4 Å². The monoisotopic (exact) mass is 369 g/mol. The van der Waals surface area contributed by atoms with Crippen molar-refractivity contribution in [3.05, 3.63) is 27.5 Å². The lowest BCUT2D eigenvalue weighted by Gasteiger charge is -2.15. The van der Waals surface area contributed by atoms with Crippen LogP contribution in [0.1, 0.15) is 32.2 Å². The highest BCUT2D eigenvalue weighted by atomic mass is 127. The van der Waals surface area contributed by atoms with E-state index < -0.39 is 11.9 Å². The molecule has 2 heterocycles. The van der Waals surface area contributed by atoms with Crippen molar-refractivity contribution >= 4 is 28.2 Å². The number of alkyl halides is 3. The number of fused-ring (bicyclic) bond motifs is 1. The first-order chi connectivity index (χ1) is 8.10. The van der Waals surface area contributed by atoms with E-state index in [1.165, 1.54) is 6.33 Å². The average Bonchev–Trinajstić information content (AvgIpc) is 2.54. The van der Waals surface area contributed by atoms with E-state index in [1.54, 1.807) is 4.40 Å². The number of rotatable bonds is 0. The molecule has 0 saturated heterocycles.